The third kappa shape index (κ3) is 3.96. The Kier molecular flexibility index (Phi) is 5.87. The van der Waals surface area contributed by atoms with Gasteiger partial charge in [0.15, 0.2) is 5.13 Å². The molecular weight excluding hydrogens is 404 g/mol. The molecule has 0 radical (unpaired) electrons. The molecular formula is C17H22N4O5S2. The van der Waals surface area contributed by atoms with Gasteiger partial charge in [0, 0.05) is 25.2 Å². The highest BCUT2D eigenvalue weighted by molar-refractivity contribution is 7.89. The lowest BCUT2D eigenvalue weighted by Crippen LogP contribution is -2.43. The minimum Gasteiger partial charge on any atom is -0.461 e. The number of aromatic nitrogens is 2. The third-order valence-electron chi connectivity index (χ3n) is 4.43. The van der Waals surface area contributed by atoms with Crippen LogP contribution >= 0.6 is 11.3 Å². The van der Waals surface area contributed by atoms with Crippen LogP contribution in [0, 0.1) is 6.92 Å². The van der Waals surface area contributed by atoms with Crippen LogP contribution in [0.3, 0.4) is 0 Å². The van der Waals surface area contributed by atoms with Crippen molar-refractivity contribution in [3.05, 3.63) is 29.0 Å². The second-order valence-corrected chi connectivity index (χ2v) is 9.20. The van der Waals surface area contributed by atoms with Gasteiger partial charge in [-0.3, -0.25) is 4.79 Å². The number of hydrogen-bond donors (Lipinski definition) is 1. The first-order valence-corrected chi connectivity index (χ1v) is 11.1. The highest BCUT2D eigenvalue weighted by Gasteiger charge is 2.40. The summed E-state index contributed by atoms with van der Waals surface area (Å²) in [6.07, 6.45) is 2.36. The van der Waals surface area contributed by atoms with Crippen LogP contribution in [0.1, 0.15) is 35.9 Å². The molecule has 1 N–H and O–H groups in total. The van der Waals surface area contributed by atoms with Crippen LogP contribution in [0.5, 0.6) is 0 Å². The zero-order valence-electron chi connectivity index (χ0n) is 15.8. The number of sulfonamides is 1. The van der Waals surface area contributed by atoms with Crippen LogP contribution in [0.15, 0.2) is 22.5 Å². The Morgan fingerprint density at radius 3 is 2.82 bits per heavy atom. The highest BCUT2D eigenvalue weighted by atomic mass is 32.2. The number of esters is 1. The Labute approximate surface area is 167 Å². The Bertz CT molecular complexity index is 995. The van der Waals surface area contributed by atoms with Crippen molar-refractivity contribution < 1.29 is 22.7 Å². The number of aryl methyl sites for hydroxylation is 2. The lowest BCUT2D eigenvalue weighted by atomic mass is 10.2. The average molecular weight is 427 g/mol. The van der Waals surface area contributed by atoms with Crippen LogP contribution in [0.4, 0.5) is 5.13 Å². The van der Waals surface area contributed by atoms with Crippen molar-refractivity contribution in [1.82, 2.24) is 13.9 Å². The minimum absolute atomic E-state index is 0.0390. The van der Waals surface area contributed by atoms with E-state index in [1.807, 2.05) is 6.92 Å². The predicted molar refractivity (Wildman–Crippen MR) is 104 cm³/mol. The molecule has 11 heteroatoms. The fourth-order valence-electron chi connectivity index (χ4n) is 3.11. The van der Waals surface area contributed by atoms with Gasteiger partial charge in [-0.1, -0.05) is 0 Å². The Morgan fingerprint density at radius 2 is 2.18 bits per heavy atom. The van der Waals surface area contributed by atoms with Gasteiger partial charge < -0.3 is 14.6 Å². The summed E-state index contributed by atoms with van der Waals surface area (Å²) in [5.41, 5.74) is 0.922. The Morgan fingerprint density at radius 1 is 1.43 bits per heavy atom. The fraction of sp³-hybridized carbons (Fsp3) is 0.471. The van der Waals surface area contributed by atoms with E-state index in [0.29, 0.717) is 18.0 Å². The molecule has 9 nitrogen and oxygen atoms in total. The first kappa shape index (κ1) is 20.5. The number of ether oxygens (including phenoxy) is 1. The molecule has 1 unspecified atom stereocenters. The van der Waals surface area contributed by atoms with Crippen molar-refractivity contribution in [2.24, 2.45) is 7.05 Å². The molecule has 0 aromatic carbocycles. The molecule has 152 valence electrons. The molecule has 2 aromatic heterocycles. The quantitative estimate of drug-likeness (QED) is 0.705. The molecule has 0 saturated carbocycles. The van der Waals surface area contributed by atoms with Crippen molar-refractivity contribution in [3.63, 3.8) is 0 Å². The van der Waals surface area contributed by atoms with Crippen LogP contribution in [0.25, 0.3) is 0 Å². The van der Waals surface area contributed by atoms with Gasteiger partial charge in [0.2, 0.25) is 15.9 Å². The molecule has 1 saturated heterocycles. The molecule has 3 rings (SSSR count). The minimum atomic E-state index is -3.94. The molecule has 0 spiro atoms. The van der Waals surface area contributed by atoms with E-state index in [0.717, 1.165) is 5.69 Å². The number of hydrogen-bond acceptors (Lipinski definition) is 7. The summed E-state index contributed by atoms with van der Waals surface area (Å²) in [6, 6.07) is 0.464. The number of thiazole rings is 1. The van der Waals surface area contributed by atoms with Gasteiger partial charge >= 0.3 is 5.97 Å². The van der Waals surface area contributed by atoms with E-state index in [-0.39, 0.29) is 23.7 Å². The van der Waals surface area contributed by atoms with Gasteiger partial charge in [0.25, 0.3) is 0 Å². The molecule has 1 fully saturated rings. The predicted octanol–water partition coefficient (Wildman–Crippen LogP) is 1.76. The maximum Gasteiger partial charge on any atom is 0.354 e. The Hall–Kier alpha value is -2.24. The van der Waals surface area contributed by atoms with Crippen molar-refractivity contribution in [2.45, 2.75) is 37.6 Å². The molecule has 2 aromatic rings. The SMILES string of the molecule is CCOC(=O)c1cc(S(=O)(=O)N2CCCC2C(=O)Nc2nc(C)cs2)cn1C. The molecule has 0 bridgehead atoms. The summed E-state index contributed by atoms with van der Waals surface area (Å²) < 4.78 is 33.8. The molecule has 1 atom stereocenters. The van der Waals surface area contributed by atoms with Crippen LogP contribution in [0.2, 0.25) is 0 Å². The smallest absolute Gasteiger partial charge is 0.354 e. The van der Waals surface area contributed by atoms with Crippen LogP contribution < -0.4 is 5.32 Å². The van der Waals surface area contributed by atoms with Crippen molar-refractivity contribution in [1.29, 1.82) is 0 Å². The largest absolute Gasteiger partial charge is 0.461 e. The molecule has 1 aliphatic rings. The first-order chi connectivity index (χ1) is 13.2. The van der Waals surface area contributed by atoms with Crippen molar-refractivity contribution >= 4 is 38.4 Å². The summed E-state index contributed by atoms with van der Waals surface area (Å²) in [5.74, 6) is -1.00. The van der Waals surface area contributed by atoms with Crippen molar-refractivity contribution in [2.75, 3.05) is 18.5 Å². The lowest BCUT2D eigenvalue weighted by molar-refractivity contribution is -0.119. The second-order valence-electron chi connectivity index (χ2n) is 6.45. The number of anilines is 1. The van der Waals surface area contributed by atoms with E-state index in [9.17, 15) is 18.0 Å². The molecule has 3 heterocycles. The average Bonchev–Trinajstić information content (AvgIpc) is 3.35. The topological polar surface area (TPSA) is 111 Å². The maximum atomic E-state index is 13.1. The van der Waals surface area contributed by atoms with E-state index in [1.165, 1.54) is 32.5 Å². The summed E-state index contributed by atoms with van der Waals surface area (Å²) >= 11 is 1.29. The Balaban J connectivity index is 1.83. The van der Waals surface area contributed by atoms with E-state index in [2.05, 4.69) is 10.3 Å². The van der Waals surface area contributed by atoms with E-state index in [4.69, 9.17) is 4.74 Å². The number of nitrogens with one attached hydrogen (secondary N) is 1. The summed E-state index contributed by atoms with van der Waals surface area (Å²) in [4.78, 5) is 28.8. The molecule has 0 aliphatic carbocycles. The summed E-state index contributed by atoms with van der Waals surface area (Å²) in [7, 11) is -2.37. The molecule has 28 heavy (non-hydrogen) atoms. The van der Waals surface area contributed by atoms with Crippen LogP contribution in [-0.4, -0.2) is 53.3 Å². The third-order valence-corrected chi connectivity index (χ3v) is 7.18. The number of amides is 1. The first-order valence-electron chi connectivity index (χ1n) is 8.82. The second kappa shape index (κ2) is 8.02. The van der Waals surface area contributed by atoms with Crippen LogP contribution in [-0.2, 0) is 26.6 Å². The van der Waals surface area contributed by atoms with Gasteiger partial charge in [-0.2, -0.15) is 4.31 Å². The monoisotopic (exact) mass is 426 g/mol. The zero-order chi connectivity index (χ0) is 20.5. The van der Waals surface area contributed by atoms with E-state index < -0.39 is 27.9 Å². The van der Waals surface area contributed by atoms with E-state index in [1.54, 1.807) is 19.4 Å². The molecule has 1 aliphatic heterocycles. The van der Waals surface area contributed by atoms with Gasteiger partial charge in [-0.15, -0.1) is 11.3 Å². The van der Waals surface area contributed by atoms with Gasteiger partial charge in [0.05, 0.1) is 12.3 Å². The summed E-state index contributed by atoms with van der Waals surface area (Å²) in [5, 5.41) is 4.94. The molecule has 1 amide bonds. The number of carbonyl (C=O) groups is 2. The maximum absolute atomic E-state index is 13.1. The normalized spacial score (nSPS) is 17.6. The van der Waals surface area contributed by atoms with Crippen molar-refractivity contribution in [3.8, 4) is 0 Å². The standard InChI is InChI=1S/C17H22N4O5S2/c1-4-26-16(23)14-8-12(9-20(14)3)28(24,25)21-7-5-6-13(21)15(22)19-17-18-11(2)10-27-17/h8-10,13H,4-7H2,1-3H3,(H,18,19,22). The lowest BCUT2D eigenvalue weighted by Gasteiger charge is -2.22. The summed E-state index contributed by atoms with van der Waals surface area (Å²) in [6.45, 7) is 3.92. The van der Waals surface area contributed by atoms with Gasteiger partial charge in [0.1, 0.15) is 16.6 Å². The van der Waals surface area contributed by atoms with Gasteiger partial charge in [-0.25, -0.2) is 18.2 Å². The fourth-order valence-corrected chi connectivity index (χ4v) is 5.53. The number of carbonyl (C=O) groups excluding carboxylic acids is 2. The van der Waals surface area contributed by atoms with Gasteiger partial charge in [-0.05, 0) is 32.8 Å². The number of rotatable bonds is 6. The highest BCUT2D eigenvalue weighted by Crippen LogP contribution is 2.28. The zero-order valence-corrected chi connectivity index (χ0v) is 17.5. The number of nitrogens with zero attached hydrogens (tertiary/aromatic N) is 3. The van der Waals surface area contributed by atoms with E-state index >= 15 is 0 Å².